The number of esters is 1. The maximum absolute atomic E-state index is 12.9. The molecule has 2 heterocycles. The lowest BCUT2D eigenvalue weighted by molar-refractivity contribution is -0.151. The van der Waals surface area contributed by atoms with Crippen molar-refractivity contribution in [1.29, 1.82) is 0 Å². The first-order valence-electron chi connectivity index (χ1n) is 9.20. The van der Waals surface area contributed by atoms with Crippen molar-refractivity contribution in [2.45, 2.75) is 18.9 Å². The van der Waals surface area contributed by atoms with Gasteiger partial charge >= 0.3 is 11.6 Å². The van der Waals surface area contributed by atoms with Gasteiger partial charge in [-0.2, -0.15) is 0 Å². The molecule has 0 N–H and O–H groups in total. The van der Waals surface area contributed by atoms with Crippen molar-refractivity contribution >= 4 is 16.9 Å². The monoisotopic (exact) mass is 396 g/mol. The number of carbonyl (C=O) groups is 1. The van der Waals surface area contributed by atoms with Gasteiger partial charge in [0, 0.05) is 5.56 Å². The summed E-state index contributed by atoms with van der Waals surface area (Å²) in [5, 5.41) is 0.612. The molecule has 0 fully saturated rings. The van der Waals surface area contributed by atoms with Gasteiger partial charge in [-0.1, -0.05) is 12.1 Å². The number of benzene rings is 2. The molecule has 0 saturated carbocycles. The first-order chi connectivity index (χ1) is 14.1. The van der Waals surface area contributed by atoms with E-state index in [1.54, 1.807) is 43.3 Å². The third-order valence-corrected chi connectivity index (χ3v) is 4.95. The third kappa shape index (κ3) is 3.08. The Morgan fingerprint density at radius 1 is 1.10 bits per heavy atom. The Balaban J connectivity index is 1.99. The van der Waals surface area contributed by atoms with Crippen LogP contribution >= 0.6 is 0 Å². The van der Waals surface area contributed by atoms with Crippen molar-refractivity contribution in [3.8, 4) is 17.2 Å². The Morgan fingerprint density at radius 2 is 1.90 bits per heavy atom. The molecule has 29 heavy (non-hydrogen) atoms. The quantitative estimate of drug-likeness (QED) is 0.483. The molecule has 7 heteroatoms. The number of hydrogen-bond donors (Lipinski definition) is 0. The highest BCUT2D eigenvalue weighted by Gasteiger charge is 2.46. The van der Waals surface area contributed by atoms with Crippen LogP contribution in [-0.4, -0.2) is 32.9 Å². The first-order valence-corrected chi connectivity index (χ1v) is 9.20. The summed E-state index contributed by atoms with van der Waals surface area (Å²) >= 11 is 0. The van der Waals surface area contributed by atoms with E-state index >= 15 is 0 Å². The fourth-order valence-corrected chi connectivity index (χ4v) is 3.69. The lowest BCUT2D eigenvalue weighted by atomic mass is 9.87. The van der Waals surface area contributed by atoms with Crippen LogP contribution in [0.15, 0.2) is 51.7 Å². The molecule has 0 saturated heterocycles. The van der Waals surface area contributed by atoms with Gasteiger partial charge in [-0.05, 0) is 37.3 Å². The van der Waals surface area contributed by atoms with Crippen LogP contribution in [0.1, 0.15) is 24.0 Å². The highest BCUT2D eigenvalue weighted by atomic mass is 16.6. The molecule has 150 valence electrons. The number of ether oxygens (including phenoxy) is 4. The molecule has 2 atom stereocenters. The molecular formula is C22H20O7. The lowest BCUT2D eigenvalue weighted by Gasteiger charge is -2.20. The largest absolute Gasteiger partial charge is 0.497 e. The minimum Gasteiger partial charge on any atom is -0.497 e. The van der Waals surface area contributed by atoms with Crippen LogP contribution in [0.5, 0.6) is 17.2 Å². The minimum atomic E-state index is -1.06. The molecule has 1 aromatic heterocycles. The third-order valence-electron chi connectivity index (χ3n) is 4.95. The SMILES string of the molecule is CCOC(=O)[C@@H]1Oc2c(c(=O)oc3ccccc23)[C@H]1c1cc(OC)ccc1OC. The molecule has 0 amide bonds. The second-order valence-electron chi connectivity index (χ2n) is 6.50. The van der Waals surface area contributed by atoms with Crippen molar-refractivity contribution in [3.05, 3.63) is 64.0 Å². The van der Waals surface area contributed by atoms with E-state index in [-0.39, 0.29) is 12.2 Å². The molecule has 2 aromatic carbocycles. The van der Waals surface area contributed by atoms with Gasteiger partial charge in [0.05, 0.1) is 37.7 Å². The van der Waals surface area contributed by atoms with Crippen LogP contribution in [-0.2, 0) is 9.53 Å². The van der Waals surface area contributed by atoms with Gasteiger partial charge in [-0.15, -0.1) is 0 Å². The second kappa shape index (κ2) is 7.50. The highest BCUT2D eigenvalue weighted by molar-refractivity contribution is 5.88. The zero-order chi connectivity index (χ0) is 20.5. The molecule has 0 unspecified atom stereocenters. The van der Waals surface area contributed by atoms with Crippen molar-refractivity contribution in [2.24, 2.45) is 0 Å². The highest BCUT2D eigenvalue weighted by Crippen LogP contribution is 2.47. The normalized spacial score (nSPS) is 17.5. The van der Waals surface area contributed by atoms with Crippen LogP contribution < -0.4 is 19.8 Å². The van der Waals surface area contributed by atoms with Gasteiger partial charge < -0.3 is 23.4 Å². The Hall–Kier alpha value is -3.48. The zero-order valence-electron chi connectivity index (χ0n) is 16.3. The van der Waals surface area contributed by atoms with Crippen LogP contribution in [0.2, 0.25) is 0 Å². The molecule has 0 bridgehead atoms. The zero-order valence-corrected chi connectivity index (χ0v) is 16.3. The number of methoxy groups -OCH3 is 2. The van der Waals surface area contributed by atoms with E-state index in [4.69, 9.17) is 23.4 Å². The van der Waals surface area contributed by atoms with Gasteiger partial charge in [0.15, 0.2) is 0 Å². The maximum atomic E-state index is 12.9. The Morgan fingerprint density at radius 3 is 2.62 bits per heavy atom. The lowest BCUT2D eigenvalue weighted by Crippen LogP contribution is -2.32. The van der Waals surface area contributed by atoms with Gasteiger partial charge in [-0.25, -0.2) is 9.59 Å². The first kappa shape index (κ1) is 18.9. The molecule has 4 rings (SSSR count). The second-order valence-corrected chi connectivity index (χ2v) is 6.50. The van der Waals surface area contributed by atoms with Crippen LogP contribution in [0, 0.1) is 0 Å². The summed E-state index contributed by atoms with van der Waals surface area (Å²) in [7, 11) is 3.06. The van der Waals surface area contributed by atoms with Crippen LogP contribution in [0.3, 0.4) is 0 Å². The van der Waals surface area contributed by atoms with E-state index in [1.165, 1.54) is 14.2 Å². The summed E-state index contributed by atoms with van der Waals surface area (Å²) in [6.07, 6.45) is -1.06. The van der Waals surface area contributed by atoms with Crippen molar-refractivity contribution in [1.82, 2.24) is 0 Å². The summed E-state index contributed by atoms with van der Waals surface area (Å²) in [6.45, 7) is 1.90. The summed E-state index contributed by atoms with van der Waals surface area (Å²) in [4.78, 5) is 25.7. The van der Waals surface area contributed by atoms with Crippen LogP contribution in [0.4, 0.5) is 0 Å². The number of hydrogen-bond acceptors (Lipinski definition) is 7. The van der Waals surface area contributed by atoms with Gasteiger partial charge in [0.25, 0.3) is 0 Å². The van der Waals surface area contributed by atoms with Crippen molar-refractivity contribution < 1.29 is 28.2 Å². The molecule has 0 aliphatic carbocycles. The molecule has 0 radical (unpaired) electrons. The average molecular weight is 396 g/mol. The molecule has 1 aliphatic rings. The molecular weight excluding hydrogens is 376 g/mol. The predicted molar refractivity (Wildman–Crippen MR) is 105 cm³/mol. The molecule has 0 spiro atoms. The van der Waals surface area contributed by atoms with E-state index in [0.29, 0.717) is 33.8 Å². The summed E-state index contributed by atoms with van der Waals surface area (Å²) in [6, 6.07) is 12.2. The topological polar surface area (TPSA) is 84.2 Å². The standard InChI is InChI=1S/C22H20O7/c1-4-27-22(24)20-17(14-11-12(25-2)9-10-15(14)26-3)18-19(29-20)13-7-5-6-8-16(13)28-21(18)23/h5-11,17,20H,4H2,1-3H3/t17-,20-/m1/s1. The number of rotatable bonds is 5. The number of para-hydroxylation sites is 1. The van der Waals surface area contributed by atoms with E-state index < -0.39 is 23.6 Å². The number of fused-ring (bicyclic) bond motifs is 3. The van der Waals surface area contributed by atoms with Crippen molar-refractivity contribution in [3.63, 3.8) is 0 Å². The van der Waals surface area contributed by atoms with E-state index in [1.807, 2.05) is 6.07 Å². The summed E-state index contributed by atoms with van der Waals surface area (Å²) in [5.41, 5.74) is 0.650. The van der Waals surface area contributed by atoms with E-state index in [0.717, 1.165) is 0 Å². The molecule has 3 aromatic rings. The predicted octanol–water partition coefficient (Wildman–Crippen LogP) is 3.27. The van der Waals surface area contributed by atoms with Gasteiger partial charge in [0.1, 0.15) is 22.8 Å². The Kier molecular flexibility index (Phi) is 4.88. The fraction of sp³-hybridized carbons (Fsp3) is 0.273. The average Bonchev–Trinajstić information content (AvgIpc) is 3.15. The summed E-state index contributed by atoms with van der Waals surface area (Å²) in [5.74, 6) is 0.0397. The van der Waals surface area contributed by atoms with E-state index in [9.17, 15) is 9.59 Å². The fourth-order valence-electron chi connectivity index (χ4n) is 3.69. The van der Waals surface area contributed by atoms with Gasteiger partial charge in [0.2, 0.25) is 6.10 Å². The van der Waals surface area contributed by atoms with Crippen LogP contribution in [0.25, 0.3) is 11.0 Å². The minimum absolute atomic E-state index is 0.187. The molecule has 7 nitrogen and oxygen atoms in total. The number of carbonyl (C=O) groups excluding carboxylic acids is 1. The summed E-state index contributed by atoms with van der Waals surface area (Å²) < 4.78 is 27.6. The van der Waals surface area contributed by atoms with Crippen molar-refractivity contribution in [2.75, 3.05) is 20.8 Å². The maximum Gasteiger partial charge on any atom is 0.348 e. The Bertz CT molecular complexity index is 1130. The van der Waals surface area contributed by atoms with Gasteiger partial charge in [-0.3, -0.25) is 0 Å². The Labute approximate surface area is 166 Å². The smallest absolute Gasteiger partial charge is 0.348 e. The van der Waals surface area contributed by atoms with E-state index in [2.05, 4.69) is 0 Å². The molecule has 1 aliphatic heterocycles.